The molecule has 1 saturated carbocycles. The largest absolute Gasteiger partial charge is 0.356 e. The van der Waals surface area contributed by atoms with Crippen LogP contribution in [0.1, 0.15) is 35.8 Å². The Morgan fingerprint density at radius 3 is 2.91 bits per heavy atom. The molecule has 1 N–H and O–H groups in total. The van der Waals surface area contributed by atoms with Crippen LogP contribution in [0, 0.1) is 0 Å². The first-order chi connectivity index (χ1) is 11.1. The lowest BCUT2D eigenvalue weighted by Crippen LogP contribution is -2.25. The van der Waals surface area contributed by atoms with E-state index in [0.717, 1.165) is 21.4 Å². The first kappa shape index (κ1) is 14.9. The highest BCUT2D eigenvalue weighted by atomic mass is 32.2. The van der Waals surface area contributed by atoms with Gasteiger partial charge in [-0.2, -0.15) is 0 Å². The number of aromatic nitrogens is 2. The van der Waals surface area contributed by atoms with Crippen molar-refractivity contribution in [3.8, 4) is 0 Å². The number of nitrogens with zero attached hydrogens (tertiary/aromatic N) is 3. The first-order valence-corrected chi connectivity index (χ1v) is 10.2. The van der Waals surface area contributed by atoms with Gasteiger partial charge in [0.15, 0.2) is 0 Å². The number of hydrogen-bond acceptors (Lipinski definition) is 6. The van der Waals surface area contributed by atoms with E-state index in [2.05, 4.69) is 15.5 Å². The summed E-state index contributed by atoms with van der Waals surface area (Å²) in [5.41, 5.74) is 1.78. The molecule has 2 fully saturated rings. The molecule has 4 rings (SSSR count). The maximum atomic E-state index is 12.0. The molecule has 1 saturated heterocycles. The smallest absolute Gasteiger partial charge is 0.235 e. The lowest BCUT2D eigenvalue weighted by molar-refractivity contribution is 0.599. The van der Waals surface area contributed by atoms with Gasteiger partial charge in [0.25, 0.3) is 0 Å². The van der Waals surface area contributed by atoms with Crippen molar-refractivity contribution in [2.75, 3.05) is 21.9 Å². The van der Waals surface area contributed by atoms with Gasteiger partial charge in [0.05, 0.1) is 11.4 Å². The topological polar surface area (TPSA) is 75.2 Å². The highest BCUT2D eigenvalue weighted by Gasteiger charge is 2.29. The average molecular weight is 350 g/mol. The van der Waals surface area contributed by atoms with Crippen molar-refractivity contribution in [2.24, 2.45) is 0 Å². The second-order valence-electron chi connectivity index (χ2n) is 5.98. The number of anilines is 2. The molecule has 8 heteroatoms. The maximum absolute atomic E-state index is 12.0. The zero-order valence-electron chi connectivity index (χ0n) is 12.6. The molecule has 1 aliphatic heterocycles. The van der Waals surface area contributed by atoms with E-state index in [4.69, 9.17) is 0 Å². The van der Waals surface area contributed by atoms with Gasteiger partial charge in [-0.1, -0.05) is 23.5 Å². The minimum Gasteiger partial charge on any atom is -0.356 e. The van der Waals surface area contributed by atoms with Crippen molar-refractivity contribution in [2.45, 2.75) is 31.7 Å². The van der Waals surface area contributed by atoms with Crippen molar-refractivity contribution in [3.05, 3.63) is 34.8 Å². The van der Waals surface area contributed by atoms with Crippen LogP contribution >= 0.6 is 11.3 Å². The van der Waals surface area contributed by atoms with Crippen LogP contribution in [0.3, 0.4) is 0 Å². The van der Waals surface area contributed by atoms with Gasteiger partial charge >= 0.3 is 0 Å². The molecular weight excluding hydrogens is 332 g/mol. The molecule has 1 aliphatic carbocycles. The molecule has 2 aliphatic rings. The summed E-state index contributed by atoms with van der Waals surface area (Å²) in [6, 6.07) is 7.67. The van der Waals surface area contributed by atoms with Crippen LogP contribution in [0.15, 0.2) is 24.3 Å². The summed E-state index contributed by atoms with van der Waals surface area (Å²) in [5, 5.41) is 13.6. The molecule has 0 bridgehead atoms. The number of rotatable bonds is 5. The van der Waals surface area contributed by atoms with Crippen LogP contribution in [-0.2, 0) is 16.6 Å². The van der Waals surface area contributed by atoms with E-state index in [-0.39, 0.29) is 5.75 Å². The molecule has 0 unspecified atom stereocenters. The fraction of sp³-hybridized carbons (Fsp3) is 0.467. The molecule has 0 spiro atoms. The quantitative estimate of drug-likeness (QED) is 0.897. The van der Waals surface area contributed by atoms with Crippen molar-refractivity contribution in [1.29, 1.82) is 0 Å². The van der Waals surface area contributed by atoms with E-state index in [1.54, 1.807) is 11.3 Å². The summed E-state index contributed by atoms with van der Waals surface area (Å²) in [6.45, 7) is 1.18. The molecule has 2 aromatic rings. The Balaban J connectivity index is 1.45. The number of nitrogens with one attached hydrogen (secondary N) is 1. The molecule has 1 aromatic carbocycles. The third-order valence-electron chi connectivity index (χ3n) is 4.11. The van der Waals surface area contributed by atoms with E-state index < -0.39 is 10.0 Å². The molecule has 6 nitrogen and oxygen atoms in total. The van der Waals surface area contributed by atoms with Gasteiger partial charge in [-0.05, 0) is 37.0 Å². The molecule has 0 radical (unpaired) electrons. The predicted molar refractivity (Wildman–Crippen MR) is 91.4 cm³/mol. The summed E-state index contributed by atoms with van der Waals surface area (Å²) in [7, 11) is -3.13. The van der Waals surface area contributed by atoms with Crippen LogP contribution in [0.2, 0.25) is 0 Å². The van der Waals surface area contributed by atoms with E-state index in [1.807, 2.05) is 24.3 Å². The zero-order valence-corrected chi connectivity index (χ0v) is 14.2. The third kappa shape index (κ3) is 3.18. The third-order valence-corrected chi connectivity index (χ3v) is 7.02. The Hall–Kier alpha value is -1.67. The van der Waals surface area contributed by atoms with E-state index in [9.17, 15) is 8.42 Å². The summed E-state index contributed by atoms with van der Waals surface area (Å²) in [6.07, 6.45) is 3.14. The van der Waals surface area contributed by atoms with Gasteiger partial charge in [-0.15, -0.1) is 10.2 Å². The van der Waals surface area contributed by atoms with Crippen LogP contribution in [-0.4, -0.2) is 30.9 Å². The molecule has 122 valence electrons. The van der Waals surface area contributed by atoms with Gasteiger partial charge in [0.2, 0.25) is 15.2 Å². The van der Waals surface area contributed by atoms with E-state index in [0.29, 0.717) is 25.4 Å². The van der Waals surface area contributed by atoms with Crippen molar-refractivity contribution < 1.29 is 8.42 Å². The van der Waals surface area contributed by atoms with Gasteiger partial charge in [0.1, 0.15) is 5.01 Å². The van der Waals surface area contributed by atoms with Gasteiger partial charge in [-0.25, -0.2) is 8.42 Å². The summed E-state index contributed by atoms with van der Waals surface area (Å²) >= 11 is 1.61. The van der Waals surface area contributed by atoms with Crippen molar-refractivity contribution >= 4 is 32.2 Å². The summed E-state index contributed by atoms with van der Waals surface area (Å²) in [4.78, 5) is 0. The zero-order chi connectivity index (χ0) is 15.9. The Kier molecular flexibility index (Phi) is 3.73. The maximum Gasteiger partial charge on any atom is 0.235 e. The fourth-order valence-corrected chi connectivity index (χ4v) is 5.19. The molecule has 0 amide bonds. The molecule has 23 heavy (non-hydrogen) atoms. The molecule has 0 atom stereocenters. The van der Waals surface area contributed by atoms with Crippen LogP contribution in [0.5, 0.6) is 0 Å². The Labute approximate surface area is 139 Å². The molecule has 1 aromatic heterocycles. The second kappa shape index (κ2) is 5.76. The van der Waals surface area contributed by atoms with Crippen LogP contribution in [0.25, 0.3) is 0 Å². The fourth-order valence-electron chi connectivity index (χ4n) is 2.73. The van der Waals surface area contributed by atoms with Crippen molar-refractivity contribution in [3.63, 3.8) is 0 Å². The van der Waals surface area contributed by atoms with Gasteiger partial charge in [-0.3, -0.25) is 4.31 Å². The lowest BCUT2D eigenvalue weighted by atomic mass is 10.2. The summed E-state index contributed by atoms with van der Waals surface area (Å²) in [5.74, 6) is 0.858. The van der Waals surface area contributed by atoms with Crippen LogP contribution in [0.4, 0.5) is 10.8 Å². The molecule has 2 heterocycles. The van der Waals surface area contributed by atoms with Gasteiger partial charge in [0, 0.05) is 19.0 Å². The second-order valence-corrected chi connectivity index (χ2v) is 9.01. The monoisotopic (exact) mass is 350 g/mol. The minimum absolute atomic E-state index is 0.240. The minimum atomic E-state index is -3.13. The number of hydrogen-bond donors (Lipinski definition) is 1. The normalized spacial score (nSPS) is 19.9. The first-order valence-electron chi connectivity index (χ1n) is 7.78. The predicted octanol–water partition coefficient (Wildman–Crippen LogP) is 2.57. The Morgan fingerprint density at radius 2 is 2.17 bits per heavy atom. The Morgan fingerprint density at radius 1 is 1.30 bits per heavy atom. The lowest BCUT2D eigenvalue weighted by Gasteiger charge is -2.17. The SMILES string of the molecule is O=S1(=O)CCCN1c1cccc(CNc2nnc(C3CC3)s2)c1. The Bertz CT molecular complexity index is 814. The highest BCUT2D eigenvalue weighted by Crippen LogP contribution is 2.42. The van der Waals surface area contributed by atoms with Gasteiger partial charge < -0.3 is 5.32 Å². The van der Waals surface area contributed by atoms with Crippen LogP contribution < -0.4 is 9.62 Å². The highest BCUT2D eigenvalue weighted by molar-refractivity contribution is 7.93. The van der Waals surface area contributed by atoms with Crippen molar-refractivity contribution in [1.82, 2.24) is 10.2 Å². The average Bonchev–Trinajstić information content (AvgIpc) is 3.17. The molecular formula is C15H18N4O2S2. The number of benzene rings is 1. The number of sulfonamides is 1. The standard InChI is InChI=1S/C15H18N4O2S2/c20-23(21)8-2-7-19(23)13-4-1-3-11(9-13)10-16-15-18-17-14(22-15)12-5-6-12/h1,3-4,9,12H,2,5-8,10H2,(H,16,18). The van der Waals surface area contributed by atoms with E-state index in [1.165, 1.54) is 17.1 Å². The van der Waals surface area contributed by atoms with E-state index >= 15 is 0 Å². The summed E-state index contributed by atoms with van der Waals surface area (Å²) < 4.78 is 25.5.